The van der Waals surface area contributed by atoms with Gasteiger partial charge in [-0.2, -0.15) is 0 Å². The molecule has 9 atom stereocenters. The molecule has 0 aromatic rings. The van der Waals surface area contributed by atoms with Crippen molar-refractivity contribution in [3.63, 3.8) is 0 Å². The van der Waals surface area contributed by atoms with Crippen LogP contribution in [0.4, 0.5) is 0 Å². The molecule has 0 heterocycles. The summed E-state index contributed by atoms with van der Waals surface area (Å²) in [7, 11) is 0. The molecule has 0 aromatic heterocycles. The normalized spacial score (nSPS) is 49.1. The fourth-order valence-corrected chi connectivity index (χ4v) is 7.57. The lowest BCUT2D eigenvalue weighted by molar-refractivity contribution is -0.165. The number of ether oxygens (including phenoxy) is 3. The van der Waals surface area contributed by atoms with Crippen LogP contribution < -0.4 is 0 Å². The summed E-state index contributed by atoms with van der Waals surface area (Å²) < 4.78 is 17.7. The molecule has 0 amide bonds. The molecule has 0 aliphatic heterocycles. The highest BCUT2D eigenvalue weighted by Crippen LogP contribution is 2.59. The Morgan fingerprint density at radius 2 is 1.93 bits per heavy atom. The molecule has 6 bridgehead atoms. The third kappa shape index (κ3) is 2.96. The predicted molar refractivity (Wildman–Crippen MR) is 97.6 cm³/mol. The maximum Gasteiger partial charge on any atom is 0.305 e. The van der Waals surface area contributed by atoms with E-state index in [1.165, 1.54) is 25.7 Å². The smallest absolute Gasteiger partial charge is 0.305 e. The van der Waals surface area contributed by atoms with E-state index in [0.717, 1.165) is 49.2 Å². The zero-order chi connectivity index (χ0) is 18.6. The molecule has 9 unspecified atom stereocenters. The van der Waals surface area contributed by atoms with Crippen LogP contribution in [0.15, 0.2) is 0 Å². The molecule has 6 aliphatic carbocycles. The van der Waals surface area contributed by atoms with Gasteiger partial charge in [0.25, 0.3) is 0 Å². The van der Waals surface area contributed by atoms with E-state index in [2.05, 4.69) is 0 Å². The average molecular weight is 376 g/mol. The Morgan fingerprint density at radius 1 is 1.07 bits per heavy atom. The first-order valence-corrected chi connectivity index (χ1v) is 11.0. The molecule has 6 aliphatic rings. The first-order valence-electron chi connectivity index (χ1n) is 11.0. The molecule has 5 nitrogen and oxygen atoms in total. The molecule has 6 rings (SSSR count). The molecule has 0 N–H and O–H groups in total. The summed E-state index contributed by atoms with van der Waals surface area (Å²) in [6.07, 6.45) is 9.89. The van der Waals surface area contributed by atoms with Crippen LogP contribution in [-0.4, -0.2) is 37.9 Å². The fraction of sp³-hybridized carbons (Fsp3) is 0.909. The van der Waals surface area contributed by atoms with Gasteiger partial charge in [-0.15, -0.1) is 0 Å². The van der Waals surface area contributed by atoms with Crippen molar-refractivity contribution < 1.29 is 23.8 Å². The lowest BCUT2D eigenvalue weighted by Crippen LogP contribution is -2.43. The first kappa shape index (κ1) is 18.1. The first-order chi connectivity index (χ1) is 13.1. The number of hydrogen-bond donors (Lipinski definition) is 0. The summed E-state index contributed by atoms with van der Waals surface area (Å²) in [5.74, 6) is 3.74. The van der Waals surface area contributed by atoms with Crippen molar-refractivity contribution in [1.29, 1.82) is 0 Å². The quantitative estimate of drug-likeness (QED) is 0.281. The molecule has 5 heteroatoms. The van der Waals surface area contributed by atoms with E-state index in [1.54, 1.807) is 0 Å². The molecule has 0 aromatic carbocycles. The van der Waals surface area contributed by atoms with Gasteiger partial charge < -0.3 is 19.0 Å². The van der Waals surface area contributed by atoms with Crippen molar-refractivity contribution in [1.82, 2.24) is 0 Å². The van der Waals surface area contributed by atoms with Gasteiger partial charge in [0.1, 0.15) is 19.2 Å². The number of carbonyl (C=O) groups is 2. The van der Waals surface area contributed by atoms with E-state index in [9.17, 15) is 9.59 Å². The minimum Gasteiger partial charge on any atom is -0.462 e. The van der Waals surface area contributed by atoms with Crippen LogP contribution in [0.5, 0.6) is 0 Å². The summed E-state index contributed by atoms with van der Waals surface area (Å²) in [5, 5.41) is 0. The maximum atomic E-state index is 12.0. The van der Waals surface area contributed by atoms with Crippen LogP contribution in [0.3, 0.4) is 0 Å². The van der Waals surface area contributed by atoms with Gasteiger partial charge in [0.2, 0.25) is 0 Å². The third-order valence-electron chi connectivity index (χ3n) is 8.50. The largest absolute Gasteiger partial charge is 0.462 e. The molecule has 0 radical (unpaired) electrons. The van der Waals surface area contributed by atoms with Gasteiger partial charge >= 0.3 is 5.97 Å². The highest BCUT2D eigenvalue weighted by Gasteiger charge is 2.58. The second kappa shape index (κ2) is 6.84. The molecule has 0 saturated heterocycles. The van der Waals surface area contributed by atoms with Gasteiger partial charge in [0.05, 0.1) is 18.1 Å². The summed E-state index contributed by atoms with van der Waals surface area (Å²) in [4.78, 5) is 23.7. The zero-order valence-electron chi connectivity index (χ0n) is 16.3. The van der Waals surface area contributed by atoms with Crippen LogP contribution >= 0.6 is 0 Å². The van der Waals surface area contributed by atoms with Crippen molar-refractivity contribution in [2.45, 2.75) is 70.5 Å². The second-order valence-corrected chi connectivity index (χ2v) is 9.97. The number of aldehydes is 1. The lowest BCUT2D eigenvalue weighted by atomic mass is 9.73. The van der Waals surface area contributed by atoms with E-state index in [4.69, 9.17) is 14.2 Å². The van der Waals surface area contributed by atoms with E-state index in [0.29, 0.717) is 31.8 Å². The predicted octanol–water partition coefficient (Wildman–Crippen LogP) is 3.35. The Balaban J connectivity index is 1.14. The Bertz CT molecular complexity index is 602. The van der Waals surface area contributed by atoms with E-state index in [-0.39, 0.29) is 18.0 Å². The highest BCUT2D eigenvalue weighted by molar-refractivity contribution is 5.69. The van der Waals surface area contributed by atoms with Gasteiger partial charge in [-0.3, -0.25) is 4.79 Å². The van der Waals surface area contributed by atoms with Gasteiger partial charge in [-0.05, 0) is 74.5 Å². The number of hydrogen-bond acceptors (Lipinski definition) is 5. The van der Waals surface area contributed by atoms with Crippen molar-refractivity contribution in [3.05, 3.63) is 0 Å². The summed E-state index contributed by atoms with van der Waals surface area (Å²) in [6, 6.07) is 0. The Labute approximate surface area is 161 Å². The van der Waals surface area contributed by atoms with Gasteiger partial charge in [0.15, 0.2) is 0 Å². The SMILES string of the molecule is CCC(=O)OC1CC2CC1C(C=O)(COCOC1C3CC4CC(C3)C1C4)C2. The van der Waals surface area contributed by atoms with Crippen LogP contribution in [0, 0.1) is 40.9 Å². The minimum atomic E-state index is -0.502. The Hall–Kier alpha value is -0.940. The van der Waals surface area contributed by atoms with Crippen molar-refractivity contribution in [2.75, 3.05) is 13.4 Å². The van der Waals surface area contributed by atoms with Crippen LogP contribution in [0.25, 0.3) is 0 Å². The topological polar surface area (TPSA) is 61.8 Å². The molecule has 27 heavy (non-hydrogen) atoms. The van der Waals surface area contributed by atoms with E-state index in [1.807, 2.05) is 6.92 Å². The molecule has 6 saturated carbocycles. The highest BCUT2D eigenvalue weighted by atomic mass is 16.7. The summed E-state index contributed by atoms with van der Waals surface area (Å²) >= 11 is 0. The maximum absolute atomic E-state index is 12.0. The van der Waals surface area contributed by atoms with Crippen LogP contribution in [0.2, 0.25) is 0 Å². The molecule has 0 spiro atoms. The fourth-order valence-electron chi connectivity index (χ4n) is 7.57. The number of fused-ring (bicyclic) bond motifs is 2. The van der Waals surface area contributed by atoms with Crippen molar-refractivity contribution in [3.8, 4) is 0 Å². The van der Waals surface area contributed by atoms with Crippen molar-refractivity contribution >= 4 is 12.3 Å². The third-order valence-corrected chi connectivity index (χ3v) is 8.50. The molecule has 6 fully saturated rings. The minimum absolute atomic E-state index is 0.105. The lowest BCUT2D eigenvalue weighted by Gasteiger charge is -2.37. The molecule has 150 valence electrons. The zero-order valence-corrected chi connectivity index (χ0v) is 16.3. The van der Waals surface area contributed by atoms with Gasteiger partial charge in [-0.1, -0.05) is 6.92 Å². The Morgan fingerprint density at radius 3 is 2.67 bits per heavy atom. The van der Waals surface area contributed by atoms with E-state index < -0.39 is 5.41 Å². The van der Waals surface area contributed by atoms with Crippen LogP contribution in [0.1, 0.15) is 58.3 Å². The van der Waals surface area contributed by atoms with Crippen molar-refractivity contribution in [2.24, 2.45) is 40.9 Å². The van der Waals surface area contributed by atoms with E-state index >= 15 is 0 Å². The number of carbonyl (C=O) groups excluding carboxylic acids is 2. The van der Waals surface area contributed by atoms with Gasteiger partial charge in [-0.25, -0.2) is 0 Å². The van der Waals surface area contributed by atoms with Crippen LogP contribution in [-0.2, 0) is 23.8 Å². The summed E-state index contributed by atoms with van der Waals surface area (Å²) in [6.45, 7) is 2.50. The molecular weight excluding hydrogens is 344 g/mol. The monoisotopic (exact) mass is 376 g/mol. The average Bonchev–Trinajstić information content (AvgIpc) is 3.37. The Kier molecular flexibility index (Phi) is 4.59. The standard InChI is InChI=1S/C22H32O5/c1-2-20(24)27-19-7-14-6-18(19)22(9-14,10-23)11-25-12-26-21-16-4-13-3-15(8-16)17(21)5-13/h10,13-19,21H,2-9,11-12H2,1H3. The number of esters is 1. The number of rotatable bonds is 8. The molecular formula is C22H32O5. The summed E-state index contributed by atoms with van der Waals surface area (Å²) in [5.41, 5.74) is -0.502. The second-order valence-electron chi connectivity index (χ2n) is 9.97. The van der Waals surface area contributed by atoms with Gasteiger partial charge in [0, 0.05) is 12.3 Å².